The number of ether oxygens (including phenoxy) is 3. The lowest BCUT2D eigenvalue weighted by Gasteiger charge is -2.30. The molecule has 9 heteroatoms. The number of anilines is 2. The maximum Gasteiger partial charge on any atom is 0.267 e. The Hall–Kier alpha value is -3.85. The van der Waals surface area contributed by atoms with Crippen LogP contribution < -0.4 is 24.4 Å². The molecule has 2 heterocycles. The van der Waals surface area contributed by atoms with Crippen molar-refractivity contribution < 1.29 is 23.8 Å². The summed E-state index contributed by atoms with van der Waals surface area (Å²) in [5.74, 6) is 1.50. The van der Waals surface area contributed by atoms with Crippen molar-refractivity contribution in [1.29, 1.82) is 0 Å². The molecule has 0 spiro atoms. The molecule has 0 fully saturated rings. The van der Waals surface area contributed by atoms with Gasteiger partial charge in [-0.3, -0.25) is 14.9 Å². The van der Waals surface area contributed by atoms with Gasteiger partial charge in [0, 0.05) is 24.1 Å². The fraction of sp³-hybridized carbons (Fsp3) is 0.240. The summed E-state index contributed by atoms with van der Waals surface area (Å²) in [7, 11) is 3.30. The summed E-state index contributed by atoms with van der Waals surface area (Å²) in [4.78, 5) is 30.7. The fourth-order valence-corrected chi connectivity index (χ4v) is 4.24. The number of benzene rings is 2. The van der Waals surface area contributed by atoms with Gasteiger partial charge in [0.15, 0.2) is 22.7 Å². The largest absolute Gasteiger partial charge is 0.493 e. The van der Waals surface area contributed by atoms with Crippen molar-refractivity contribution in [3.05, 3.63) is 53.4 Å². The number of carbonyl (C=O) groups excluding carboxylic acids is 2. The number of methoxy groups -OCH3 is 1. The lowest BCUT2D eigenvalue weighted by atomic mass is 10.1. The highest BCUT2D eigenvalue weighted by Gasteiger charge is 2.29. The zero-order valence-electron chi connectivity index (χ0n) is 19.3. The van der Waals surface area contributed by atoms with Gasteiger partial charge in [0.05, 0.1) is 25.1 Å². The molecular formula is C25H25N3O5S. The van der Waals surface area contributed by atoms with E-state index in [4.69, 9.17) is 14.2 Å². The summed E-state index contributed by atoms with van der Waals surface area (Å²) in [6.45, 7) is 4.17. The van der Waals surface area contributed by atoms with Crippen molar-refractivity contribution in [2.45, 2.75) is 20.0 Å². The second-order valence-corrected chi connectivity index (χ2v) is 8.40. The molecule has 2 amide bonds. The summed E-state index contributed by atoms with van der Waals surface area (Å²) >= 11 is 1.32. The number of thiazole rings is 1. The third kappa shape index (κ3) is 4.89. The number of hydrogen-bond donors (Lipinski definition) is 1. The topological polar surface area (TPSA) is 90.0 Å². The van der Waals surface area contributed by atoms with Crippen LogP contribution in [0.15, 0.2) is 47.9 Å². The predicted molar refractivity (Wildman–Crippen MR) is 133 cm³/mol. The number of nitrogens with one attached hydrogen (secondary N) is 1. The SMILES string of the molecule is CCOc1ccc(/C=C/C(=O)Nc2nc(-c3ccc4c(c3)N(C)C(=O)C(C)O4)cs2)cc1OC. The van der Waals surface area contributed by atoms with E-state index in [-0.39, 0.29) is 11.8 Å². The van der Waals surface area contributed by atoms with Gasteiger partial charge in [0.1, 0.15) is 5.75 Å². The minimum absolute atomic E-state index is 0.104. The average molecular weight is 480 g/mol. The van der Waals surface area contributed by atoms with E-state index in [1.807, 2.05) is 42.6 Å². The Bertz CT molecular complexity index is 1250. The molecule has 8 nitrogen and oxygen atoms in total. The summed E-state index contributed by atoms with van der Waals surface area (Å²) in [6, 6.07) is 11.0. The zero-order valence-corrected chi connectivity index (χ0v) is 20.1. The number of hydrogen-bond acceptors (Lipinski definition) is 7. The Kier molecular flexibility index (Phi) is 6.83. The second kappa shape index (κ2) is 9.96. The maximum absolute atomic E-state index is 12.4. The molecule has 1 aromatic heterocycles. The second-order valence-electron chi connectivity index (χ2n) is 7.54. The normalized spacial score (nSPS) is 15.1. The first-order chi connectivity index (χ1) is 16.4. The Morgan fingerprint density at radius 1 is 1.26 bits per heavy atom. The molecule has 1 unspecified atom stereocenters. The van der Waals surface area contributed by atoms with Gasteiger partial charge >= 0.3 is 0 Å². The van der Waals surface area contributed by atoms with E-state index in [1.165, 1.54) is 17.4 Å². The number of amides is 2. The Labute approximate surface area is 201 Å². The van der Waals surface area contributed by atoms with E-state index in [1.54, 1.807) is 38.1 Å². The highest BCUT2D eigenvalue weighted by Crippen LogP contribution is 2.37. The fourth-order valence-electron chi connectivity index (χ4n) is 3.52. The third-order valence-electron chi connectivity index (χ3n) is 5.25. The first-order valence-corrected chi connectivity index (χ1v) is 11.6. The Balaban J connectivity index is 1.44. The van der Waals surface area contributed by atoms with Crippen LogP contribution in [-0.2, 0) is 9.59 Å². The standard InChI is InChI=1S/C25H25N3O5S/c1-5-32-21-9-6-16(12-22(21)31-4)7-11-23(29)27-25-26-18(14-34-25)17-8-10-20-19(13-17)28(3)24(30)15(2)33-20/h6-15H,5H2,1-4H3,(H,26,27,29)/b11-7+. The van der Waals surface area contributed by atoms with Crippen LogP contribution in [0.2, 0.25) is 0 Å². The van der Waals surface area contributed by atoms with E-state index in [9.17, 15) is 9.59 Å². The summed E-state index contributed by atoms with van der Waals surface area (Å²) in [6.07, 6.45) is 2.62. The van der Waals surface area contributed by atoms with Gasteiger partial charge in [-0.1, -0.05) is 6.07 Å². The van der Waals surface area contributed by atoms with Gasteiger partial charge in [0.2, 0.25) is 5.91 Å². The molecule has 2 aromatic carbocycles. The quantitative estimate of drug-likeness (QED) is 0.498. The van der Waals surface area contributed by atoms with Crippen molar-refractivity contribution in [3.63, 3.8) is 0 Å². The van der Waals surface area contributed by atoms with Crippen molar-refractivity contribution in [2.24, 2.45) is 0 Å². The molecule has 0 bridgehead atoms. The van der Waals surface area contributed by atoms with Crippen molar-refractivity contribution in [3.8, 4) is 28.5 Å². The highest BCUT2D eigenvalue weighted by molar-refractivity contribution is 7.14. The molecule has 0 aliphatic carbocycles. The zero-order chi connectivity index (χ0) is 24.2. The van der Waals surface area contributed by atoms with Gasteiger partial charge in [-0.25, -0.2) is 4.98 Å². The summed E-state index contributed by atoms with van der Waals surface area (Å²) in [5, 5.41) is 5.11. The molecule has 1 aliphatic heterocycles. The lowest BCUT2D eigenvalue weighted by Crippen LogP contribution is -2.41. The molecule has 4 rings (SSSR count). The van der Waals surface area contributed by atoms with Crippen LogP contribution in [-0.4, -0.2) is 43.7 Å². The first kappa shape index (κ1) is 23.3. The number of fused-ring (bicyclic) bond motifs is 1. The smallest absolute Gasteiger partial charge is 0.267 e. The third-order valence-corrected chi connectivity index (χ3v) is 6.00. The van der Waals surface area contributed by atoms with Crippen LogP contribution in [0.1, 0.15) is 19.4 Å². The summed E-state index contributed by atoms with van der Waals surface area (Å²) < 4.78 is 16.5. The van der Waals surface area contributed by atoms with E-state index in [0.717, 1.165) is 11.1 Å². The number of carbonyl (C=O) groups is 2. The molecule has 1 atom stereocenters. The molecule has 3 aromatic rings. The van der Waals surface area contributed by atoms with Crippen LogP contribution in [0, 0.1) is 0 Å². The molecule has 1 N–H and O–H groups in total. The van der Waals surface area contributed by atoms with Crippen LogP contribution in [0.25, 0.3) is 17.3 Å². The van der Waals surface area contributed by atoms with Crippen molar-refractivity contribution >= 4 is 40.0 Å². The molecule has 0 saturated heterocycles. The number of aromatic nitrogens is 1. The predicted octanol–water partition coefficient (Wildman–Crippen LogP) is 4.61. The molecule has 0 saturated carbocycles. The highest BCUT2D eigenvalue weighted by atomic mass is 32.1. The monoisotopic (exact) mass is 479 g/mol. The minimum atomic E-state index is -0.513. The number of likely N-dealkylation sites (N-methyl/N-ethyl adjacent to an activating group) is 1. The number of rotatable bonds is 7. The molecule has 1 aliphatic rings. The van der Waals surface area contributed by atoms with Gasteiger partial charge < -0.3 is 19.1 Å². The lowest BCUT2D eigenvalue weighted by molar-refractivity contribution is -0.125. The Morgan fingerprint density at radius 3 is 2.85 bits per heavy atom. The van der Waals surface area contributed by atoms with Gasteiger partial charge in [-0.15, -0.1) is 11.3 Å². The number of nitrogens with zero attached hydrogens (tertiary/aromatic N) is 2. The first-order valence-electron chi connectivity index (χ1n) is 10.7. The minimum Gasteiger partial charge on any atom is -0.493 e. The average Bonchev–Trinajstić information content (AvgIpc) is 3.30. The Morgan fingerprint density at radius 2 is 2.09 bits per heavy atom. The van der Waals surface area contributed by atoms with Crippen molar-refractivity contribution in [2.75, 3.05) is 31.0 Å². The van der Waals surface area contributed by atoms with Crippen LogP contribution in [0.4, 0.5) is 10.8 Å². The van der Waals surface area contributed by atoms with Gasteiger partial charge in [-0.2, -0.15) is 0 Å². The van der Waals surface area contributed by atoms with E-state index < -0.39 is 6.10 Å². The molecular weight excluding hydrogens is 454 g/mol. The van der Waals surface area contributed by atoms with Crippen LogP contribution in [0.3, 0.4) is 0 Å². The van der Waals surface area contributed by atoms with Crippen molar-refractivity contribution in [1.82, 2.24) is 4.98 Å². The molecule has 176 valence electrons. The van der Waals surface area contributed by atoms with E-state index in [2.05, 4.69) is 10.3 Å². The van der Waals surface area contributed by atoms with Crippen LogP contribution in [0.5, 0.6) is 17.2 Å². The summed E-state index contributed by atoms with van der Waals surface area (Å²) in [5.41, 5.74) is 3.01. The van der Waals surface area contributed by atoms with Gasteiger partial charge in [0.25, 0.3) is 5.91 Å². The van der Waals surface area contributed by atoms with E-state index in [0.29, 0.717) is 40.4 Å². The molecule has 0 radical (unpaired) electrons. The van der Waals surface area contributed by atoms with E-state index >= 15 is 0 Å². The molecule has 34 heavy (non-hydrogen) atoms. The van der Waals surface area contributed by atoms with Crippen LogP contribution >= 0.6 is 11.3 Å². The van der Waals surface area contributed by atoms with Gasteiger partial charge in [-0.05, 0) is 55.8 Å². The maximum atomic E-state index is 12.4.